The summed E-state index contributed by atoms with van der Waals surface area (Å²) in [4.78, 5) is 72.9. The predicted octanol–water partition coefficient (Wildman–Crippen LogP) is 5.03. The van der Waals surface area contributed by atoms with Crippen LogP contribution in [0.4, 0.5) is 27.9 Å². The molecule has 19 nitrogen and oxygen atoms in total. The van der Waals surface area contributed by atoms with Gasteiger partial charge in [-0.05, 0) is 76.3 Å². The topological polar surface area (TPSA) is 219 Å². The average molecular weight is 891 g/mol. The molecule has 2 saturated carbocycles. The Bertz CT molecular complexity index is 2760. The van der Waals surface area contributed by atoms with E-state index < -0.39 is 17.6 Å². The van der Waals surface area contributed by atoms with Crippen LogP contribution in [0.2, 0.25) is 5.15 Å². The molecule has 5 aliphatic rings. The molecule has 4 aromatic heterocycles. The molecule has 4 N–H and O–H groups in total. The van der Waals surface area contributed by atoms with Crippen molar-refractivity contribution in [3.8, 4) is 0 Å². The van der Waals surface area contributed by atoms with Gasteiger partial charge in [-0.3, -0.25) is 39.6 Å². The summed E-state index contributed by atoms with van der Waals surface area (Å²) in [6.45, 7) is 9.72. The van der Waals surface area contributed by atoms with Crippen LogP contribution in [-0.2, 0) is 35.2 Å². The largest absolute Gasteiger partial charge is 0.443 e. The number of anilines is 4. The second kappa shape index (κ2) is 17.5. The minimum Gasteiger partial charge on any atom is -0.443 e. The van der Waals surface area contributed by atoms with Crippen LogP contribution in [0, 0.1) is 0 Å². The van der Waals surface area contributed by atoms with E-state index in [0.717, 1.165) is 70.0 Å². The fraction of sp³-hybridized carbons (Fsp3) is 0.386. The van der Waals surface area contributed by atoms with Gasteiger partial charge in [-0.15, -0.1) is 0 Å². The standard InChI is InChI=1S/C25H27N7O3.C19H20ClN5O4/c33-23-12-17(25(34)30-23)11-18-14-26-32-22(28-19-4-5-19)13-21(29-24(18)32)27-20-3-1-2-16(10-20)15-31-6-8-35-9-7-31;1-19(2,3)29-18(28)24(12-4-5-12)15-8-13(20)22-16-11(9-21-25(15)16)6-10-7-14(26)23-17(10)27/h1-3,10-11,13-14,19,28H,4-9,12,15H2,(H,27,29)(H,30,33,34);6,8-9,12H,4-5,7H2,1-3H3,(H,23,26,27)/b17-11+;10-6+. The van der Waals surface area contributed by atoms with Crippen molar-refractivity contribution in [1.29, 1.82) is 0 Å². The summed E-state index contributed by atoms with van der Waals surface area (Å²) in [7, 11) is 0. The summed E-state index contributed by atoms with van der Waals surface area (Å²) < 4.78 is 14.3. The highest BCUT2D eigenvalue weighted by Gasteiger charge is 2.38. The molecule has 7 heterocycles. The van der Waals surface area contributed by atoms with Crippen molar-refractivity contribution in [1.82, 2.24) is 44.7 Å². The minimum absolute atomic E-state index is 0.00393. The van der Waals surface area contributed by atoms with E-state index >= 15 is 0 Å². The van der Waals surface area contributed by atoms with Gasteiger partial charge in [0, 0.05) is 71.8 Å². The number of carbonyl (C=O) groups excluding carboxylic acids is 5. The molecule has 10 rings (SSSR count). The minimum atomic E-state index is -0.651. The van der Waals surface area contributed by atoms with Crippen LogP contribution in [0.3, 0.4) is 0 Å². The molecular weight excluding hydrogens is 844 g/mol. The lowest BCUT2D eigenvalue weighted by molar-refractivity contribution is -0.125. The van der Waals surface area contributed by atoms with Gasteiger partial charge in [0.1, 0.15) is 28.2 Å². The Hall–Kier alpha value is -6.70. The number of ether oxygens (including phenoxy) is 2. The summed E-state index contributed by atoms with van der Waals surface area (Å²) in [5.41, 5.74) is 4.45. The molecule has 20 heteroatoms. The number of nitrogens with one attached hydrogen (secondary N) is 4. The Morgan fingerprint density at radius 3 is 2.12 bits per heavy atom. The van der Waals surface area contributed by atoms with Crippen molar-refractivity contribution in [2.45, 2.75) is 83.5 Å². The quantitative estimate of drug-likeness (QED) is 0.0822. The van der Waals surface area contributed by atoms with Crippen LogP contribution >= 0.6 is 11.6 Å². The number of carbonyl (C=O) groups is 5. The molecule has 332 valence electrons. The zero-order chi connectivity index (χ0) is 44.7. The van der Waals surface area contributed by atoms with Gasteiger partial charge in [0.25, 0.3) is 11.8 Å². The van der Waals surface area contributed by atoms with E-state index in [1.807, 2.05) is 18.2 Å². The first-order valence-corrected chi connectivity index (χ1v) is 21.6. The van der Waals surface area contributed by atoms with Crippen molar-refractivity contribution in [2.75, 3.05) is 41.8 Å². The first-order valence-electron chi connectivity index (χ1n) is 21.2. The van der Waals surface area contributed by atoms with Crippen LogP contribution < -0.4 is 26.2 Å². The zero-order valence-electron chi connectivity index (χ0n) is 35.5. The fourth-order valence-corrected chi connectivity index (χ4v) is 7.68. The molecule has 1 aromatic carbocycles. The number of imide groups is 2. The molecule has 0 unspecified atom stereocenters. The number of halogens is 1. The Labute approximate surface area is 372 Å². The van der Waals surface area contributed by atoms with Crippen LogP contribution in [0.15, 0.2) is 59.9 Å². The number of hydrogen-bond donors (Lipinski definition) is 4. The number of fused-ring (bicyclic) bond motifs is 2. The summed E-state index contributed by atoms with van der Waals surface area (Å²) in [6.07, 6.45) is 9.97. The lowest BCUT2D eigenvalue weighted by Crippen LogP contribution is -2.39. The Balaban J connectivity index is 0.000000165. The second-order valence-corrected chi connectivity index (χ2v) is 17.7. The van der Waals surface area contributed by atoms with Crippen LogP contribution in [-0.4, -0.2) is 108 Å². The van der Waals surface area contributed by atoms with Crippen LogP contribution in [0.25, 0.3) is 23.4 Å². The number of benzene rings is 1. The Morgan fingerprint density at radius 2 is 1.53 bits per heavy atom. The van der Waals surface area contributed by atoms with Crippen molar-refractivity contribution in [2.24, 2.45) is 0 Å². The second-order valence-electron chi connectivity index (χ2n) is 17.3. The van der Waals surface area contributed by atoms with E-state index in [9.17, 15) is 24.0 Å². The molecule has 0 radical (unpaired) electrons. The van der Waals surface area contributed by atoms with E-state index in [1.165, 1.54) is 16.3 Å². The zero-order valence-corrected chi connectivity index (χ0v) is 36.3. The molecule has 3 saturated heterocycles. The molecule has 3 aliphatic heterocycles. The van der Waals surface area contributed by atoms with Crippen LogP contribution in [0.5, 0.6) is 0 Å². The highest BCUT2D eigenvalue weighted by Crippen LogP contribution is 2.35. The predicted molar refractivity (Wildman–Crippen MR) is 237 cm³/mol. The van der Waals surface area contributed by atoms with Gasteiger partial charge in [-0.2, -0.15) is 19.2 Å². The molecule has 0 bridgehead atoms. The maximum Gasteiger partial charge on any atom is 0.416 e. The van der Waals surface area contributed by atoms with Gasteiger partial charge in [-0.1, -0.05) is 23.7 Å². The maximum atomic E-state index is 12.9. The Morgan fingerprint density at radius 1 is 0.891 bits per heavy atom. The highest BCUT2D eigenvalue weighted by molar-refractivity contribution is 6.30. The van der Waals surface area contributed by atoms with Crippen molar-refractivity contribution in [3.63, 3.8) is 0 Å². The third-order valence-electron chi connectivity index (χ3n) is 10.8. The van der Waals surface area contributed by atoms with E-state index in [4.69, 9.17) is 26.1 Å². The van der Waals surface area contributed by atoms with Gasteiger partial charge in [0.15, 0.2) is 11.3 Å². The smallest absolute Gasteiger partial charge is 0.416 e. The molecule has 0 spiro atoms. The fourth-order valence-electron chi connectivity index (χ4n) is 7.50. The maximum absolute atomic E-state index is 12.9. The SMILES string of the molecule is CC(C)(C)OC(=O)N(c1cc(Cl)nc2c(/C=C3\CC(=O)NC3=O)cnn12)C1CC1.O=C1C/C(=C\c2cnn3c(NC4CC4)cc(Nc4cccc(CN5CCOCC5)c4)nc23)C(=O)N1. The number of hydrogen-bond acceptors (Lipinski definition) is 14. The lowest BCUT2D eigenvalue weighted by Gasteiger charge is -2.27. The number of aromatic nitrogens is 6. The van der Waals surface area contributed by atoms with Gasteiger partial charge >= 0.3 is 6.09 Å². The van der Waals surface area contributed by atoms with Gasteiger partial charge < -0.3 is 20.1 Å². The van der Waals surface area contributed by atoms with Crippen molar-refractivity contribution < 1.29 is 33.4 Å². The molecular formula is C44H47ClN12O7. The number of morpholine rings is 1. The van der Waals surface area contributed by atoms with E-state index in [0.29, 0.717) is 51.2 Å². The van der Waals surface area contributed by atoms with Gasteiger partial charge in [0.05, 0.1) is 38.4 Å². The monoisotopic (exact) mass is 890 g/mol. The highest BCUT2D eigenvalue weighted by atomic mass is 35.5. The van der Waals surface area contributed by atoms with Crippen molar-refractivity contribution in [3.05, 3.63) is 81.8 Å². The lowest BCUT2D eigenvalue weighted by atomic mass is 10.1. The van der Waals surface area contributed by atoms with Crippen molar-refractivity contribution >= 4 is 87.9 Å². The molecule has 64 heavy (non-hydrogen) atoms. The number of rotatable bonds is 10. The summed E-state index contributed by atoms with van der Waals surface area (Å²) in [5.74, 6) is 0.503. The first kappa shape index (κ1) is 42.6. The molecule has 5 fully saturated rings. The summed E-state index contributed by atoms with van der Waals surface area (Å²) >= 11 is 6.24. The molecule has 2 aliphatic carbocycles. The molecule has 5 aromatic rings. The van der Waals surface area contributed by atoms with Gasteiger partial charge in [-0.25, -0.2) is 14.8 Å². The number of nitrogens with zero attached hydrogens (tertiary/aromatic N) is 8. The number of amides is 5. The Kier molecular flexibility index (Phi) is 11.6. The molecule has 5 amide bonds. The average Bonchev–Trinajstić information content (AvgIpc) is 4.11. The van der Waals surface area contributed by atoms with E-state index in [2.05, 4.69) is 53.5 Å². The van der Waals surface area contributed by atoms with Crippen LogP contribution in [0.1, 0.15) is 76.0 Å². The summed E-state index contributed by atoms with van der Waals surface area (Å²) in [6, 6.07) is 12.3. The third-order valence-corrected chi connectivity index (χ3v) is 11.0. The normalized spacial score (nSPS) is 19.2. The van der Waals surface area contributed by atoms with Gasteiger partial charge in [0.2, 0.25) is 11.8 Å². The third kappa shape index (κ3) is 9.91. The van der Waals surface area contributed by atoms with E-state index in [1.54, 1.807) is 54.6 Å². The van der Waals surface area contributed by atoms with E-state index in [-0.39, 0.29) is 41.8 Å². The summed E-state index contributed by atoms with van der Waals surface area (Å²) in [5, 5.41) is 20.5. The first-order chi connectivity index (χ1) is 30.7. The molecule has 0 atom stereocenters.